The highest BCUT2D eigenvalue weighted by atomic mass is 15.3. The zero-order chi connectivity index (χ0) is 12.3. The molecule has 0 aromatic carbocycles. The molecule has 92 valence electrons. The molecule has 17 heavy (non-hydrogen) atoms. The van der Waals surface area contributed by atoms with Crippen LogP contribution in [0.25, 0.3) is 0 Å². The summed E-state index contributed by atoms with van der Waals surface area (Å²) < 4.78 is 3.99. The summed E-state index contributed by atoms with van der Waals surface area (Å²) in [6.07, 6.45) is 6.69. The first-order valence-electron chi connectivity index (χ1n) is 5.91. The Kier molecular flexibility index (Phi) is 3.58. The molecule has 1 atom stereocenters. The Labute approximate surface area is 101 Å². The van der Waals surface area contributed by atoms with E-state index in [1.807, 2.05) is 43.4 Å². The standard InChI is InChI=1S/C12H19N5/c1-4-17-8-6-14-12(17)9-11(13-2)10-5-7-16(3)15-10/h5-8,11,13H,4,9H2,1-3H3. The van der Waals surface area contributed by atoms with Crippen molar-refractivity contribution >= 4 is 0 Å². The Balaban J connectivity index is 2.15. The zero-order valence-electron chi connectivity index (χ0n) is 10.6. The van der Waals surface area contributed by atoms with Gasteiger partial charge in [0, 0.05) is 38.6 Å². The molecule has 0 aliphatic heterocycles. The van der Waals surface area contributed by atoms with Crippen LogP contribution in [0.1, 0.15) is 24.5 Å². The van der Waals surface area contributed by atoms with E-state index in [2.05, 4.69) is 26.9 Å². The number of aryl methyl sites for hydroxylation is 2. The van der Waals surface area contributed by atoms with Gasteiger partial charge in [0.2, 0.25) is 0 Å². The van der Waals surface area contributed by atoms with Gasteiger partial charge in [-0.2, -0.15) is 5.10 Å². The van der Waals surface area contributed by atoms with Gasteiger partial charge in [0.15, 0.2) is 0 Å². The molecule has 0 spiro atoms. The minimum Gasteiger partial charge on any atom is -0.335 e. The number of nitrogens with zero attached hydrogens (tertiary/aromatic N) is 4. The lowest BCUT2D eigenvalue weighted by molar-refractivity contribution is 0.532. The van der Waals surface area contributed by atoms with E-state index < -0.39 is 0 Å². The summed E-state index contributed by atoms with van der Waals surface area (Å²) in [4.78, 5) is 4.40. The summed E-state index contributed by atoms with van der Waals surface area (Å²) in [5.74, 6) is 1.09. The molecular weight excluding hydrogens is 214 g/mol. The molecule has 0 aliphatic rings. The normalized spacial score (nSPS) is 12.9. The van der Waals surface area contributed by atoms with Gasteiger partial charge in [-0.05, 0) is 20.0 Å². The van der Waals surface area contributed by atoms with Gasteiger partial charge in [-0.3, -0.25) is 4.68 Å². The Morgan fingerprint density at radius 2 is 2.24 bits per heavy atom. The van der Waals surface area contributed by atoms with Crippen molar-refractivity contribution in [1.82, 2.24) is 24.6 Å². The van der Waals surface area contributed by atoms with E-state index in [1.165, 1.54) is 0 Å². The van der Waals surface area contributed by atoms with Crippen LogP contribution < -0.4 is 5.32 Å². The van der Waals surface area contributed by atoms with Crippen molar-refractivity contribution < 1.29 is 0 Å². The van der Waals surface area contributed by atoms with E-state index in [9.17, 15) is 0 Å². The first kappa shape index (κ1) is 11.9. The number of hydrogen-bond acceptors (Lipinski definition) is 3. The van der Waals surface area contributed by atoms with Gasteiger partial charge in [0.05, 0.1) is 11.7 Å². The van der Waals surface area contributed by atoms with Crippen molar-refractivity contribution in [1.29, 1.82) is 0 Å². The molecule has 2 rings (SSSR count). The molecule has 0 saturated carbocycles. The molecule has 0 radical (unpaired) electrons. The lowest BCUT2D eigenvalue weighted by Crippen LogP contribution is -2.21. The van der Waals surface area contributed by atoms with Crippen LogP contribution in [0.3, 0.4) is 0 Å². The van der Waals surface area contributed by atoms with Crippen LogP contribution in [0, 0.1) is 0 Å². The van der Waals surface area contributed by atoms with Crippen LogP contribution in [0.15, 0.2) is 24.7 Å². The van der Waals surface area contributed by atoms with E-state index >= 15 is 0 Å². The average Bonchev–Trinajstić information content (AvgIpc) is 2.94. The van der Waals surface area contributed by atoms with Crippen molar-refractivity contribution in [2.75, 3.05) is 7.05 Å². The highest BCUT2D eigenvalue weighted by molar-refractivity contribution is 5.09. The van der Waals surface area contributed by atoms with Crippen molar-refractivity contribution in [3.05, 3.63) is 36.2 Å². The molecule has 0 aliphatic carbocycles. The maximum atomic E-state index is 4.44. The van der Waals surface area contributed by atoms with Crippen molar-refractivity contribution in [3.63, 3.8) is 0 Å². The van der Waals surface area contributed by atoms with E-state index in [0.717, 1.165) is 24.5 Å². The van der Waals surface area contributed by atoms with Gasteiger partial charge in [0.1, 0.15) is 5.82 Å². The fourth-order valence-corrected chi connectivity index (χ4v) is 1.97. The summed E-state index contributed by atoms with van der Waals surface area (Å²) in [6, 6.07) is 2.25. The third-order valence-corrected chi connectivity index (χ3v) is 2.97. The fraction of sp³-hybridized carbons (Fsp3) is 0.500. The molecule has 0 bridgehead atoms. The Hall–Kier alpha value is -1.62. The molecule has 1 unspecified atom stereocenters. The SMILES string of the molecule is CCn1ccnc1CC(NC)c1ccn(C)n1. The largest absolute Gasteiger partial charge is 0.335 e. The first-order chi connectivity index (χ1) is 8.24. The minimum atomic E-state index is 0.212. The van der Waals surface area contributed by atoms with Crippen molar-refractivity contribution in [2.24, 2.45) is 7.05 Å². The van der Waals surface area contributed by atoms with Gasteiger partial charge >= 0.3 is 0 Å². The summed E-state index contributed by atoms with van der Waals surface area (Å²) in [5.41, 5.74) is 1.06. The lowest BCUT2D eigenvalue weighted by Gasteiger charge is -2.14. The van der Waals surface area contributed by atoms with Gasteiger partial charge in [0.25, 0.3) is 0 Å². The third-order valence-electron chi connectivity index (χ3n) is 2.97. The molecular formula is C12H19N5. The first-order valence-corrected chi connectivity index (χ1v) is 5.91. The molecule has 2 aromatic rings. The van der Waals surface area contributed by atoms with Crippen LogP contribution >= 0.6 is 0 Å². The maximum absolute atomic E-state index is 4.44. The smallest absolute Gasteiger partial charge is 0.110 e. The minimum absolute atomic E-state index is 0.212. The summed E-state index contributed by atoms with van der Waals surface area (Å²) in [6.45, 7) is 3.08. The van der Waals surface area contributed by atoms with E-state index in [4.69, 9.17) is 0 Å². The second-order valence-corrected chi connectivity index (χ2v) is 4.09. The number of rotatable bonds is 5. The Morgan fingerprint density at radius 3 is 2.82 bits per heavy atom. The second-order valence-electron chi connectivity index (χ2n) is 4.09. The van der Waals surface area contributed by atoms with E-state index in [0.29, 0.717) is 0 Å². The van der Waals surface area contributed by atoms with Crippen LogP contribution in [0.2, 0.25) is 0 Å². The molecule has 0 saturated heterocycles. The van der Waals surface area contributed by atoms with E-state index in [-0.39, 0.29) is 6.04 Å². The van der Waals surface area contributed by atoms with Crippen LogP contribution in [0.5, 0.6) is 0 Å². The molecule has 0 amide bonds. The lowest BCUT2D eigenvalue weighted by atomic mass is 10.1. The number of likely N-dealkylation sites (N-methyl/N-ethyl adjacent to an activating group) is 1. The van der Waals surface area contributed by atoms with Crippen LogP contribution in [-0.2, 0) is 20.0 Å². The van der Waals surface area contributed by atoms with Crippen molar-refractivity contribution in [3.8, 4) is 0 Å². The summed E-state index contributed by atoms with van der Waals surface area (Å²) >= 11 is 0. The van der Waals surface area contributed by atoms with E-state index in [1.54, 1.807) is 0 Å². The number of aromatic nitrogens is 4. The third kappa shape index (κ3) is 2.55. The Morgan fingerprint density at radius 1 is 1.41 bits per heavy atom. The van der Waals surface area contributed by atoms with Gasteiger partial charge < -0.3 is 9.88 Å². The van der Waals surface area contributed by atoms with Crippen molar-refractivity contribution in [2.45, 2.75) is 25.9 Å². The van der Waals surface area contributed by atoms with Crippen LogP contribution in [0.4, 0.5) is 0 Å². The molecule has 2 heterocycles. The maximum Gasteiger partial charge on any atom is 0.110 e. The highest BCUT2D eigenvalue weighted by Crippen LogP contribution is 2.15. The number of nitrogens with one attached hydrogen (secondary N) is 1. The highest BCUT2D eigenvalue weighted by Gasteiger charge is 2.15. The van der Waals surface area contributed by atoms with Gasteiger partial charge in [-0.1, -0.05) is 0 Å². The summed E-state index contributed by atoms with van der Waals surface area (Å²) in [7, 11) is 3.89. The summed E-state index contributed by atoms with van der Waals surface area (Å²) in [5, 5.41) is 7.73. The monoisotopic (exact) mass is 233 g/mol. The molecule has 0 fully saturated rings. The predicted molar refractivity (Wildman–Crippen MR) is 66.6 cm³/mol. The molecule has 5 heteroatoms. The second kappa shape index (κ2) is 5.14. The number of imidazole rings is 1. The van der Waals surface area contributed by atoms with Gasteiger partial charge in [-0.15, -0.1) is 0 Å². The van der Waals surface area contributed by atoms with Gasteiger partial charge in [-0.25, -0.2) is 4.98 Å². The molecule has 1 N–H and O–H groups in total. The average molecular weight is 233 g/mol. The molecule has 2 aromatic heterocycles. The zero-order valence-corrected chi connectivity index (χ0v) is 10.6. The fourth-order valence-electron chi connectivity index (χ4n) is 1.97. The predicted octanol–water partition coefficient (Wildman–Crippen LogP) is 1.14. The Bertz CT molecular complexity index is 471. The molecule has 5 nitrogen and oxygen atoms in total. The van der Waals surface area contributed by atoms with Crippen LogP contribution in [-0.4, -0.2) is 26.4 Å². The quantitative estimate of drug-likeness (QED) is 0.842. The number of hydrogen-bond donors (Lipinski definition) is 1. The topological polar surface area (TPSA) is 47.7 Å².